The minimum absolute atomic E-state index is 0.0575. The third-order valence-electron chi connectivity index (χ3n) is 9.98. The van der Waals surface area contributed by atoms with Gasteiger partial charge >= 0.3 is 0 Å². The van der Waals surface area contributed by atoms with Crippen molar-refractivity contribution in [2.24, 2.45) is 11.8 Å². The van der Waals surface area contributed by atoms with Crippen LogP contribution >= 0.6 is 0 Å². The Bertz CT molecular complexity index is 2160. The number of anilines is 2. The molecule has 266 valence electrons. The van der Waals surface area contributed by atoms with E-state index in [4.69, 9.17) is 0 Å². The van der Waals surface area contributed by atoms with Gasteiger partial charge < -0.3 is 31.1 Å². The summed E-state index contributed by atoms with van der Waals surface area (Å²) in [5, 5.41) is 53.5. The number of para-hydroxylation sites is 2. The topological polar surface area (TPSA) is 139 Å². The molecular formula is C44H44N2O6. The average Bonchev–Trinajstić information content (AvgIpc) is 3.08. The Balaban J connectivity index is 1.64. The molecule has 0 amide bonds. The number of hydrogen-bond donors (Lipinski definition) is 6. The highest BCUT2D eigenvalue weighted by Crippen LogP contribution is 2.53. The summed E-state index contributed by atoms with van der Waals surface area (Å²) in [6.07, 6.45) is 2.99. The van der Waals surface area contributed by atoms with Crippen molar-refractivity contribution in [1.29, 1.82) is 0 Å². The van der Waals surface area contributed by atoms with Crippen LogP contribution in [-0.2, 0) is 9.59 Å². The molecule has 8 heteroatoms. The Morgan fingerprint density at radius 3 is 1.19 bits per heavy atom. The van der Waals surface area contributed by atoms with Crippen LogP contribution in [0.1, 0.15) is 72.2 Å². The number of phenolic OH excluding ortho intramolecular Hbond substituents is 2. The first kappa shape index (κ1) is 35.8. The summed E-state index contributed by atoms with van der Waals surface area (Å²) >= 11 is 0. The zero-order valence-electron chi connectivity index (χ0n) is 30.7. The number of aryl methyl sites for hydroxylation is 4. The maximum atomic E-state index is 13.9. The van der Waals surface area contributed by atoms with Crippen molar-refractivity contribution < 1.29 is 30.0 Å². The summed E-state index contributed by atoms with van der Waals surface area (Å²) in [7, 11) is 0. The van der Waals surface area contributed by atoms with Crippen molar-refractivity contribution in [3.05, 3.63) is 129 Å². The van der Waals surface area contributed by atoms with Gasteiger partial charge in [-0.15, -0.1) is 0 Å². The number of fused-ring (bicyclic) bond motifs is 2. The molecular weight excluding hydrogens is 652 g/mol. The van der Waals surface area contributed by atoms with E-state index in [0.29, 0.717) is 33.4 Å². The van der Waals surface area contributed by atoms with Gasteiger partial charge in [-0.3, -0.25) is 9.59 Å². The lowest BCUT2D eigenvalue weighted by molar-refractivity contribution is -0.113. The van der Waals surface area contributed by atoms with Crippen LogP contribution in [0.2, 0.25) is 0 Å². The standard InChI is InChI=1S/C44H44N2O6/c1-21(2)33-27-17-25(7)35(41(49)37(27)29(39(47)43(33)51)19-45-31-15-11-9-13-23(31)5)36-26(8)18-28-34(22(3)4)44(52)40(48)30(38(28)42(36)50)20-46-32-16-12-10-14-24(32)6/h9-22,45-46,49-52H,1-8H3/b29-19-,30-20+. The molecule has 0 fully saturated rings. The summed E-state index contributed by atoms with van der Waals surface area (Å²) in [5.41, 5.74) is 7.46. The smallest absolute Gasteiger partial charge is 0.229 e. The van der Waals surface area contributed by atoms with E-state index in [1.54, 1.807) is 13.8 Å². The van der Waals surface area contributed by atoms with Crippen molar-refractivity contribution in [1.82, 2.24) is 0 Å². The van der Waals surface area contributed by atoms with E-state index in [-0.39, 0.29) is 68.3 Å². The van der Waals surface area contributed by atoms with E-state index in [9.17, 15) is 30.0 Å². The van der Waals surface area contributed by atoms with E-state index >= 15 is 0 Å². The van der Waals surface area contributed by atoms with Crippen molar-refractivity contribution in [3.63, 3.8) is 0 Å². The SMILES string of the molecule is Cc1ccccc1N/C=C1\C(=O)C(O)=C(C(C)C)c2cc(C)c(-c3c(C)cc4c(c3O)/C(=C\Nc3ccccc3C)C(=O)C(O)=C4C(C)C)c(O)c21. The van der Waals surface area contributed by atoms with E-state index in [2.05, 4.69) is 10.6 Å². The molecule has 4 aromatic carbocycles. The van der Waals surface area contributed by atoms with Gasteiger partial charge in [-0.2, -0.15) is 0 Å². The molecule has 2 aliphatic rings. The van der Waals surface area contributed by atoms with Gasteiger partial charge in [0.05, 0.1) is 11.1 Å². The number of phenols is 2. The predicted molar refractivity (Wildman–Crippen MR) is 209 cm³/mol. The first-order chi connectivity index (χ1) is 24.6. The third kappa shape index (κ3) is 5.84. The molecule has 0 atom stereocenters. The molecule has 2 aliphatic carbocycles. The second-order valence-corrected chi connectivity index (χ2v) is 14.2. The summed E-state index contributed by atoms with van der Waals surface area (Å²) in [6.45, 7) is 14.9. The molecule has 8 nitrogen and oxygen atoms in total. The van der Waals surface area contributed by atoms with Gasteiger partial charge in [0.1, 0.15) is 11.5 Å². The van der Waals surface area contributed by atoms with E-state index in [0.717, 1.165) is 22.5 Å². The van der Waals surface area contributed by atoms with Crippen molar-refractivity contribution in [3.8, 4) is 22.6 Å². The fourth-order valence-corrected chi connectivity index (χ4v) is 7.40. The fraction of sp³-hybridized carbons (Fsp3) is 0.227. The van der Waals surface area contributed by atoms with E-state index < -0.39 is 11.6 Å². The molecule has 4 aromatic rings. The van der Waals surface area contributed by atoms with E-state index in [1.165, 1.54) is 12.4 Å². The number of ketones is 2. The Kier molecular flexibility index (Phi) is 9.36. The van der Waals surface area contributed by atoms with Gasteiger partial charge in [-0.05, 0) is 85.0 Å². The number of aliphatic hydroxyl groups is 2. The van der Waals surface area contributed by atoms with Crippen LogP contribution in [0, 0.1) is 39.5 Å². The minimum atomic E-state index is -0.644. The second kappa shape index (κ2) is 13.6. The number of aliphatic hydroxyl groups excluding tert-OH is 2. The number of benzene rings is 4. The largest absolute Gasteiger partial charge is 0.507 e. The number of nitrogens with one attached hydrogen (secondary N) is 2. The summed E-state index contributed by atoms with van der Waals surface area (Å²) in [5.74, 6) is -3.08. The number of hydrogen-bond acceptors (Lipinski definition) is 8. The zero-order chi connectivity index (χ0) is 37.8. The minimum Gasteiger partial charge on any atom is -0.507 e. The molecule has 0 saturated carbocycles. The van der Waals surface area contributed by atoms with Crippen LogP contribution in [0.5, 0.6) is 11.5 Å². The summed E-state index contributed by atoms with van der Waals surface area (Å²) < 4.78 is 0. The molecule has 0 heterocycles. The molecule has 0 aromatic heterocycles. The van der Waals surface area contributed by atoms with Crippen LogP contribution in [0.4, 0.5) is 11.4 Å². The lowest BCUT2D eigenvalue weighted by atomic mass is 9.75. The fourth-order valence-electron chi connectivity index (χ4n) is 7.40. The molecule has 6 rings (SSSR count). The lowest BCUT2D eigenvalue weighted by Crippen LogP contribution is -2.20. The van der Waals surface area contributed by atoms with Gasteiger partial charge in [0.2, 0.25) is 11.6 Å². The average molecular weight is 697 g/mol. The zero-order valence-corrected chi connectivity index (χ0v) is 30.7. The highest BCUT2D eigenvalue weighted by atomic mass is 16.3. The molecule has 0 aliphatic heterocycles. The van der Waals surface area contributed by atoms with Gasteiger partial charge in [0, 0.05) is 57.2 Å². The molecule has 0 radical (unpaired) electrons. The quantitative estimate of drug-likeness (QED) is 0.105. The normalized spacial score (nSPS) is 16.0. The first-order valence-corrected chi connectivity index (χ1v) is 17.4. The number of rotatable bonds is 7. The van der Waals surface area contributed by atoms with Gasteiger partial charge in [-0.1, -0.05) is 76.2 Å². The molecule has 6 N–H and O–H groups in total. The number of carbonyl (C=O) groups excluding carboxylic acids is 2. The van der Waals surface area contributed by atoms with Gasteiger partial charge in [-0.25, -0.2) is 0 Å². The maximum absolute atomic E-state index is 13.9. The molecule has 0 saturated heterocycles. The van der Waals surface area contributed by atoms with Gasteiger partial charge in [0.15, 0.2) is 11.5 Å². The summed E-state index contributed by atoms with van der Waals surface area (Å²) in [6, 6.07) is 18.7. The third-order valence-corrected chi connectivity index (χ3v) is 9.98. The Hall–Kier alpha value is -6.02. The van der Waals surface area contributed by atoms with Crippen LogP contribution in [0.15, 0.2) is 84.6 Å². The van der Waals surface area contributed by atoms with Crippen LogP contribution in [0.3, 0.4) is 0 Å². The van der Waals surface area contributed by atoms with Gasteiger partial charge in [0.25, 0.3) is 0 Å². The lowest BCUT2D eigenvalue weighted by Gasteiger charge is -2.29. The molecule has 0 spiro atoms. The number of aromatic hydroxyl groups is 2. The van der Waals surface area contributed by atoms with Crippen molar-refractivity contribution in [2.45, 2.75) is 55.4 Å². The van der Waals surface area contributed by atoms with Crippen molar-refractivity contribution >= 4 is 45.2 Å². The van der Waals surface area contributed by atoms with Crippen molar-refractivity contribution in [2.75, 3.05) is 10.6 Å². The highest BCUT2D eigenvalue weighted by Gasteiger charge is 2.38. The maximum Gasteiger partial charge on any atom is 0.229 e. The Morgan fingerprint density at radius 1 is 0.519 bits per heavy atom. The predicted octanol–water partition coefficient (Wildman–Crippen LogP) is 9.92. The number of Topliss-reactive ketones (excluding diaryl/α,β-unsaturated/α-hetero) is 2. The second-order valence-electron chi connectivity index (χ2n) is 14.2. The highest BCUT2D eigenvalue weighted by molar-refractivity contribution is 6.35. The van der Waals surface area contributed by atoms with Crippen LogP contribution in [0.25, 0.3) is 33.4 Å². The van der Waals surface area contributed by atoms with E-state index in [1.807, 2.05) is 102 Å². The summed E-state index contributed by atoms with van der Waals surface area (Å²) in [4.78, 5) is 27.8. The van der Waals surface area contributed by atoms with Crippen LogP contribution in [-0.4, -0.2) is 32.0 Å². The molecule has 0 unspecified atom stereocenters. The Labute approximate surface area is 304 Å². The number of allylic oxidation sites excluding steroid dienone is 4. The Morgan fingerprint density at radius 2 is 0.865 bits per heavy atom. The molecule has 0 bridgehead atoms. The first-order valence-electron chi connectivity index (χ1n) is 17.4. The monoisotopic (exact) mass is 696 g/mol. The number of carbonyl (C=O) groups is 2. The molecule has 52 heavy (non-hydrogen) atoms. The van der Waals surface area contributed by atoms with Crippen LogP contribution < -0.4 is 10.6 Å².